The number of thioether (sulfide) groups is 1. The van der Waals surface area contributed by atoms with Gasteiger partial charge in [-0.1, -0.05) is 43.2 Å². The van der Waals surface area contributed by atoms with Gasteiger partial charge in [0.25, 0.3) is 5.91 Å². The predicted octanol–water partition coefficient (Wildman–Crippen LogP) is 4.26. The van der Waals surface area contributed by atoms with Crippen LogP contribution >= 0.6 is 11.8 Å². The Bertz CT molecular complexity index is 714. The van der Waals surface area contributed by atoms with Gasteiger partial charge in [0.15, 0.2) is 0 Å². The van der Waals surface area contributed by atoms with Crippen LogP contribution in [0.25, 0.3) is 0 Å². The summed E-state index contributed by atoms with van der Waals surface area (Å²) in [6, 6.07) is 15.1. The first-order valence-electron chi connectivity index (χ1n) is 8.46. The monoisotopic (exact) mass is 356 g/mol. The number of hydrogen-bond acceptors (Lipinski definition) is 3. The average molecular weight is 356 g/mol. The molecular weight excluding hydrogens is 332 g/mol. The average Bonchev–Trinajstić information content (AvgIpc) is 2.62. The summed E-state index contributed by atoms with van der Waals surface area (Å²) < 4.78 is 0. The fourth-order valence-electron chi connectivity index (χ4n) is 2.23. The number of benzene rings is 2. The van der Waals surface area contributed by atoms with Crippen molar-refractivity contribution in [3.63, 3.8) is 0 Å². The highest BCUT2D eigenvalue weighted by molar-refractivity contribution is 8.00. The third-order valence-electron chi connectivity index (χ3n) is 3.64. The standard InChI is InChI=1S/C20H24N2O2S/c1-3-4-13-21-20(24)17-7-5-6-8-18(17)25-14-19(23)22-16-11-9-15(2)10-12-16/h5-12H,3-4,13-14H2,1-2H3,(H,21,24)(H,22,23). The zero-order chi connectivity index (χ0) is 18.1. The molecule has 0 saturated heterocycles. The molecule has 0 aliphatic rings. The first-order valence-corrected chi connectivity index (χ1v) is 9.45. The van der Waals surface area contributed by atoms with Crippen LogP contribution in [0.15, 0.2) is 53.4 Å². The number of nitrogens with one attached hydrogen (secondary N) is 2. The summed E-state index contributed by atoms with van der Waals surface area (Å²) in [5.41, 5.74) is 2.55. The Labute approximate surface area is 153 Å². The third-order valence-corrected chi connectivity index (χ3v) is 4.72. The van der Waals surface area contributed by atoms with Crippen LogP contribution in [0.4, 0.5) is 5.69 Å². The fraction of sp³-hybridized carbons (Fsp3) is 0.300. The van der Waals surface area contributed by atoms with E-state index in [0.29, 0.717) is 12.1 Å². The van der Waals surface area contributed by atoms with Gasteiger partial charge in [-0.05, 0) is 37.6 Å². The van der Waals surface area contributed by atoms with E-state index in [-0.39, 0.29) is 17.6 Å². The van der Waals surface area contributed by atoms with Gasteiger partial charge in [0.1, 0.15) is 0 Å². The highest BCUT2D eigenvalue weighted by Crippen LogP contribution is 2.23. The van der Waals surface area contributed by atoms with Gasteiger partial charge >= 0.3 is 0 Å². The lowest BCUT2D eigenvalue weighted by Crippen LogP contribution is -2.25. The summed E-state index contributed by atoms with van der Waals surface area (Å²) in [5.74, 6) is 0.0816. The van der Waals surface area contributed by atoms with Gasteiger partial charge in [-0.25, -0.2) is 0 Å². The Morgan fingerprint density at radius 3 is 2.48 bits per heavy atom. The first-order chi connectivity index (χ1) is 12.1. The lowest BCUT2D eigenvalue weighted by atomic mass is 10.2. The Kier molecular flexibility index (Phi) is 7.54. The van der Waals surface area contributed by atoms with Gasteiger partial charge in [-0.3, -0.25) is 9.59 Å². The van der Waals surface area contributed by atoms with E-state index in [2.05, 4.69) is 17.6 Å². The predicted molar refractivity (Wildman–Crippen MR) is 104 cm³/mol. The molecule has 0 heterocycles. The van der Waals surface area contributed by atoms with E-state index >= 15 is 0 Å². The number of unbranched alkanes of at least 4 members (excludes halogenated alkanes) is 1. The number of amides is 2. The molecule has 0 spiro atoms. The maximum Gasteiger partial charge on any atom is 0.252 e. The highest BCUT2D eigenvalue weighted by atomic mass is 32.2. The Morgan fingerprint density at radius 1 is 1.04 bits per heavy atom. The minimum Gasteiger partial charge on any atom is -0.352 e. The van der Waals surface area contributed by atoms with Gasteiger partial charge in [0.05, 0.1) is 11.3 Å². The molecule has 0 radical (unpaired) electrons. The molecule has 132 valence electrons. The lowest BCUT2D eigenvalue weighted by molar-refractivity contribution is -0.113. The zero-order valence-electron chi connectivity index (χ0n) is 14.7. The molecule has 2 aromatic carbocycles. The number of carbonyl (C=O) groups excluding carboxylic acids is 2. The topological polar surface area (TPSA) is 58.2 Å². The molecule has 2 amide bonds. The summed E-state index contributed by atoms with van der Waals surface area (Å²) >= 11 is 1.37. The van der Waals surface area contributed by atoms with Crippen LogP contribution in [0.2, 0.25) is 0 Å². The zero-order valence-corrected chi connectivity index (χ0v) is 15.5. The largest absolute Gasteiger partial charge is 0.352 e. The second-order valence-electron chi connectivity index (χ2n) is 5.81. The molecule has 0 fully saturated rings. The first kappa shape index (κ1) is 19.1. The molecule has 2 N–H and O–H groups in total. The summed E-state index contributed by atoms with van der Waals surface area (Å²) in [6.07, 6.45) is 2.00. The van der Waals surface area contributed by atoms with Crippen molar-refractivity contribution in [2.75, 3.05) is 17.6 Å². The molecule has 2 rings (SSSR count). The number of carbonyl (C=O) groups is 2. The number of aryl methyl sites for hydroxylation is 1. The maximum atomic E-state index is 12.3. The van der Waals surface area contributed by atoms with E-state index in [9.17, 15) is 9.59 Å². The molecule has 2 aromatic rings. The van der Waals surface area contributed by atoms with Gasteiger partial charge in [-0.15, -0.1) is 11.8 Å². The van der Waals surface area contributed by atoms with Crippen LogP contribution in [0.5, 0.6) is 0 Å². The molecule has 5 heteroatoms. The van der Waals surface area contributed by atoms with Gasteiger partial charge in [0, 0.05) is 17.1 Å². The molecular formula is C20H24N2O2S. The summed E-state index contributed by atoms with van der Waals surface area (Å²) in [5, 5.41) is 5.79. The summed E-state index contributed by atoms with van der Waals surface area (Å²) in [7, 11) is 0. The van der Waals surface area contributed by atoms with Crippen molar-refractivity contribution in [2.24, 2.45) is 0 Å². The van der Waals surface area contributed by atoms with Crippen LogP contribution in [-0.2, 0) is 4.79 Å². The Morgan fingerprint density at radius 2 is 1.76 bits per heavy atom. The van der Waals surface area contributed by atoms with E-state index in [1.165, 1.54) is 11.8 Å². The van der Waals surface area contributed by atoms with E-state index in [4.69, 9.17) is 0 Å². The van der Waals surface area contributed by atoms with Gasteiger partial charge in [0.2, 0.25) is 5.91 Å². The molecule has 0 saturated carbocycles. The van der Waals surface area contributed by atoms with Crippen molar-refractivity contribution in [1.29, 1.82) is 0 Å². The van der Waals surface area contributed by atoms with E-state index in [1.807, 2.05) is 49.4 Å². The second-order valence-corrected chi connectivity index (χ2v) is 6.83. The van der Waals surface area contributed by atoms with Crippen molar-refractivity contribution in [3.05, 3.63) is 59.7 Å². The van der Waals surface area contributed by atoms with Crippen molar-refractivity contribution in [2.45, 2.75) is 31.6 Å². The Balaban J connectivity index is 1.92. The van der Waals surface area contributed by atoms with Crippen LogP contribution in [0.3, 0.4) is 0 Å². The second kappa shape index (κ2) is 9.89. The normalized spacial score (nSPS) is 10.3. The van der Waals surface area contributed by atoms with Crippen LogP contribution in [0, 0.1) is 6.92 Å². The van der Waals surface area contributed by atoms with Crippen molar-refractivity contribution in [3.8, 4) is 0 Å². The molecule has 0 aliphatic heterocycles. The van der Waals surface area contributed by atoms with Crippen molar-refractivity contribution < 1.29 is 9.59 Å². The molecule has 0 bridgehead atoms. The number of hydrogen-bond donors (Lipinski definition) is 2. The summed E-state index contributed by atoms with van der Waals surface area (Å²) in [4.78, 5) is 25.2. The highest BCUT2D eigenvalue weighted by Gasteiger charge is 2.12. The quantitative estimate of drug-likeness (QED) is 0.549. The molecule has 0 atom stereocenters. The third kappa shape index (κ3) is 6.27. The molecule has 25 heavy (non-hydrogen) atoms. The van der Waals surface area contributed by atoms with Gasteiger partial charge < -0.3 is 10.6 Å². The number of anilines is 1. The van der Waals surface area contributed by atoms with E-state index in [0.717, 1.165) is 29.0 Å². The molecule has 0 unspecified atom stereocenters. The minimum absolute atomic E-state index is 0.0875. The molecule has 4 nitrogen and oxygen atoms in total. The molecule has 0 aromatic heterocycles. The Hall–Kier alpha value is -2.27. The van der Waals surface area contributed by atoms with Crippen LogP contribution < -0.4 is 10.6 Å². The number of rotatable bonds is 8. The van der Waals surface area contributed by atoms with Crippen LogP contribution in [0.1, 0.15) is 35.7 Å². The summed E-state index contributed by atoms with van der Waals surface area (Å²) in [6.45, 7) is 4.76. The minimum atomic E-state index is -0.0879. The van der Waals surface area contributed by atoms with Gasteiger partial charge in [-0.2, -0.15) is 0 Å². The van der Waals surface area contributed by atoms with E-state index in [1.54, 1.807) is 6.07 Å². The molecule has 0 aliphatic carbocycles. The van der Waals surface area contributed by atoms with Crippen molar-refractivity contribution >= 4 is 29.3 Å². The van der Waals surface area contributed by atoms with E-state index < -0.39 is 0 Å². The van der Waals surface area contributed by atoms with Crippen molar-refractivity contribution in [1.82, 2.24) is 5.32 Å². The lowest BCUT2D eigenvalue weighted by Gasteiger charge is -2.10. The SMILES string of the molecule is CCCCNC(=O)c1ccccc1SCC(=O)Nc1ccc(C)cc1. The van der Waals surface area contributed by atoms with Crippen LogP contribution in [-0.4, -0.2) is 24.1 Å². The smallest absolute Gasteiger partial charge is 0.252 e. The maximum absolute atomic E-state index is 12.3. The fourth-order valence-corrected chi connectivity index (χ4v) is 3.08.